The molecule has 5 rings (SSSR count). The summed E-state index contributed by atoms with van der Waals surface area (Å²) in [6.45, 7) is 1.97. The van der Waals surface area contributed by atoms with Gasteiger partial charge >= 0.3 is 6.18 Å². The van der Waals surface area contributed by atoms with E-state index in [-0.39, 0.29) is 0 Å². The molecule has 0 N–H and O–H groups in total. The second-order valence-electron chi connectivity index (χ2n) is 7.95. The quantitative estimate of drug-likeness (QED) is 0.533. The average Bonchev–Trinajstić information content (AvgIpc) is 3.27. The highest BCUT2D eigenvalue weighted by Gasteiger charge is 2.33. The number of aromatic nitrogens is 3. The summed E-state index contributed by atoms with van der Waals surface area (Å²) < 4.78 is 40.0. The van der Waals surface area contributed by atoms with Crippen LogP contribution in [0.25, 0.3) is 5.70 Å². The first kappa shape index (κ1) is 20.5. The standard InChI is InChI=1S/C24H22F3N5/c25-24(26,27)18-14-17-6-5-8-21(20-7-1-2-11-28-20)32(23(17)30-15-18)19-9-10-22(29-16-19)31-12-3-4-13-31/h1-2,7-11,14-16H,3-6,12-13H2. The number of rotatable bonds is 3. The molecule has 8 heteroatoms. The van der Waals surface area contributed by atoms with Gasteiger partial charge < -0.3 is 4.90 Å². The molecule has 0 bridgehead atoms. The molecule has 0 radical (unpaired) electrons. The minimum absolute atomic E-state index is 0.457. The zero-order valence-corrected chi connectivity index (χ0v) is 17.4. The number of halogens is 3. The summed E-state index contributed by atoms with van der Waals surface area (Å²) in [5, 5.41) is 0. The first-order valence-electron chi connectivity index (χ1n) is 10.7. The van der Waals surface area contributed by atoms with Gasteiger partial charge in [0.15, 0.2) is 0 Å². The highest BCUT2D eigenvalue weighted by Crippen LogP contribution is 2.40. The molecule has 0 aromatic carbocycles. The summed E-state index contributed by atoms with van der Waals surface area (Å²) in [6.07, 6.45) is 5.28. The van der Waals surface area contributed by atoms with Gasteiger partial charge in [0.25, 0.3) is 0 Å². The predicted molar refractivity (Wildman–Crippen MR) is 118 cm³/mol. The molecule has 0 atom stereocenters. The lowest BCUT2D eigenvalue weighted by atomic mass is 10.1. The Bertz CT molecular complexity index is 1120. The molecule has 2 aliphatic rings. The number of alkyl halides is 3. The third-order valence-corrected chi connectivity index (χ3v) is 5.82. The predicted octanol–water partition coefficient (Wildman–Crippen LogP) is 5.62. The third kappa shape index (κ3) is 3.92. The normalized spacial score (nSPS) is 16.5. The number of hydrogen-bond acceptors (Lipinski definition) is 5. The number of anilines is 3. The second-order valence-corrected chi connectivity index (χ2v) is 7.95. The van der Waals surface area contributed by atoms with Crippen molar-refractivity contribution >= 4 is 23.0 Å². The number of nitrogens with zero attached hydrogens (tertiary/aromatic N) is 5. The molecule has 1 saturated heterocycles. The Kier molecular flexibility index (Phi) is 5.28. The van der Waals surface area contributed by atoms with Crippen LogP contribution in [0.15, 0.2) is 61.1 Å². The summed E-state index contributed by atoms with van der Waals surface area (Å²) in [5.74, 6) is 1.38. The van der Waals surface area contributed by atoms with E-state index in [1.165, 1.54) is 6.07 Å². The number of hydrogen-bond donors (Lipinski definition) is 0. The summed E-state index contributed by atoms with van der Waals surface area (Å²) in [6, 6.07) is 10.7. The fourth-order valence-corrected chi connectivity index (χ4v) is 4.25. The van der Waals surface area contributed by atoms with E-state index >= 15 is 0 Å². The van der Waals surface area contributed by atoms with Crippen LogP contribution in [0.4, 0.5) is 30.5 Å². The lowest BCUT2D eigenvalue weighted by Crippen LogP contribution is -2.21. The molecule has 0 saturated carbocycles. The van der Waals surface area contributed by atoms with E-state index in [9.17, 15) is 13.2 Å². The van der Waals surface area contributed by atoms with Crippen molar-refractivity contribution in [2.45, 2.75) is 31.9 Å². The molecule has 0 amide bonds. The van der Waals surface area contributed by atoms with Gasteiger partial charge in [0.05, 0.1) is 28.8 Å². The highest BCUT2D eigenvalue weighted by molar-refractivity contribution is 5.87. The van der Waals surface area contributed by atoms with Crippen LogP contribution in [0.5, 0.6) is 0 Å². The zero-order chi connectivity index (χ0) is 22.1. The van der Waals surface area contributed by atoms with Gasteiger partial charge in [-0.1, -0.05) is 12.1 Å². The monoisotopic (exact) mass is 437 g/mol. The van der Waals surface area contributed by atoms with Gasteiger partial charge in [0.2, 0.25) is 0 Å². The van der Waals surface area contributed by atoms with Crippen molar-refractivity contribution in [3.63, 3.8) is 0 Å². The van der Waals surface area contributed by atoms with Gasteiger partial charge in [-0.2, -0.15) is 13.2 Å². The van der Waals surface area contributed by atoms with Gasteiger partial charge in [-0.3, -0.25) is 9.88 Å². The van der Waals surface area contributed by atoms with Crippen LogP contribution in [-0.2, 0) is 12.6 Å². The summed E-state index contributed by atoms with van der Waals surface area (Å²) in [5.41, 5.74) is 2.06. The van der Waals surface area contributed by atoms with Crippen molar-refractivity contribution in [1.29, 1.82) is 0 Å². The summed E-state index contributed by atoms with van der Waals surface area (Å²) in [4.78, 5) is 17.5. The fraction of sp³-hybridized carbons (Fsp3) is 0.292. The van der Waals surface area contributed by atoms with E-state index in [0.29, 0.717) is 24.2 Å². The Hall–Kier alpha value is -3.42. The van der Waals surface area contributed by atoms with Gasteiger partial charge in [-0.05, 0) is 61.6 Å². The van der Waals surface area contributed by atoms with Crippen LogP contribution < -0.4 is 9.80 Å². The Morgan fingerprint density at radius 3 is 2.44 bits per heavy atom. The van der Waals surface area contributed by atoms with Crippen molar-refractivity contribution < 1.29 is 13.2 Å². The van der Waals surface area contributed by atoms with Gasteiger partial charge in [0.1, 0.15) is 11.6 Å². The molecule has 1 fully saturated rings. The van der Waals surface area contributed by atoms with Crippen LogP contribution in [0.2, 0.25) is 0 Å². The lowest BCUT2D eigenvalue weighted by molar-refractivity contribution is -0.137. The van der Waals surface area contributed by atoms with Crippen LogP contribution in [0.1, 0.15) is 36.1 Å². The highest BCUT2D eigenvalue weighted by atomic mass is 19.4. The number of pyridine rings is 3. The van der Waals surface area contributed by atoms with Crippen LogP contribution in [0, 0.1) is 0 Å². The van der Waals surface area contributed by atoms with E-state index in [2.05, 4.69) is 19.9 Å². The van der Waals surface area contributed by atoms with Crippen molar-refractivity contribution in [2.24, 2.45) is 0 Å². The third-order valence-electron chi connectivity index (χ3n) is 5.82. The maximum Gasteiger partial charge on any atom is 0.417 e. The van der Waals surface area contributed by atoms with Gasteiger partial charge in [-0.25, -0.2) is 9.97 Å². The van der Waals surface area contributed by atoms with Crippen LogP contribution >= 0.6 is 0 Å². The molecule has 3 aromatic rings. The second kappa shape index (κ2) is 8.26. The summed E-state index contributed by atoms with van der Waals surface area (Å²) >= 11 is 0. The van der Waals surface area contributed by atoms with E-state index in [4.69, 9.17) is 0 Å². The van der Waals surface area contributed by atoms with Crippen molar-refractivity contribution in [1.82, 2.24) is 15.0 Å². The maximum atomic E-state index is 13.3. The largest absolute Gasteiger partial charge is 0.417 e. The van der Waals surface area contributed by atoms with Crippen molar-refractivity contribution in [3.05, 3.63) is 77.9 Å². The van der Waals surface area contributed by atoms with Crippen LogP contribution in [0.3, 0.4) is 0 Å². The molecular formula is C24H22F3N5. The lowest BCUT2D eigenvalue weighted by Gasteiger charge is -2.27. The topological polar surface area (TPSA) is 45.2 Å². The van der Waals surface area contributed by atoms with E-state index in [1.54, 1.807) is 12.4 Å². The van der Waals surface area contributed by atoms with Crippen LogP contribution in [-0.4, -0.2) is 28.0 Å². The summed E-state index contributed by atoms with van der Waals surface area (Å²) in [7, 11) is 0. The molecular weight excluding hydrogens is 415 g/mol. The SMILES string of the molecule is FC(F)(F)c1cnc2c(c1)CCC=C(c1ccccn1)N2c1ccc(N2CCCC2)nc1. The Morgan fingerprint density at radius 1 is 0.906 bits per heavy atom. The smallest absolute Gasteiger partial charge is 0.357 e. The van der Waals surface area contributed by atoms with Crippen molar-refractivity contribution in [3.8, 4) is 0 Å². The van der Waals surface area contributed by atoms with Gasteiger partial charge in [-0.15, -0.1) is 0 Å². The fourth-order valence-electron chi connectivity index (χ4n) is 4.25. The molecule has 5 heterocycles. The molecule has 3 aromatic heterocycles. The Balaban J connectivity index is 1.61. The molecule has 0 aliphatic carbocycles. The number of aryl methyl sites for hydroxylation is 1. The average molecular weight is 437 g/mol. The Labute approximate surface area is 184 Å². The molecule has 164 valence electrons. The molecule has 0 spiro atoms. The van der Waals surface area contributed by atoms with E-state index < -0.39 is 11.7 Å². The first-order chi connectivity index (χ1) is 15.5. The maximum absolute atomic E-state index is 13.3. The number of allylic oxidation sites excluding steroid dienone is 1. The molecule has 0 unspecified atom stereocenters. The van der Waals surface area contributed by atoms with Gasteiger partial charge in [0, 0.05) is 25.5 Å². The van der Waals surface area contributed by atoms with Crippen molar-refractivity contribution in [2.75, 3.05) is 22.9 Å². The van der Waals surface area contributed by atoms with E-state index in [0.717, 1.165) is 55.0 Å². The minimum Gasteiger partial charge on any atom is -0.357 e. The molecule has 32 heavy (non-hydrogen) atoms. The Morgan fingerprint density at radius 2 is 1.75 bits per heavy atom. The zero-order valence-electron chi connectivity index (χ0n) is 17.4. The number of fused-ring (bicyclic) bond motifs is 1. The molecule has 5 nitrogen and oxygen atoms in total. The van der Waals surface area contributed by atoms with E-state index in [1.807, 2.05) is 41.3 Å². The molecule has 2 aliphatic heterocycles. The minimum atomic E-state index is -4.44. The first-order valence-corrected chi connectivity index (χ1v) is 10.7.